The molecule has 0 spiro atoms. The van der Waals surface area contributed by atoms with Crippen molar-refractivity contribution in [2.45, 2.75) is 12.2 Å². The fourth-order valence-electron chi connectivity index (χ4n) is 1.37. The van der Waals surface area contributed by atoms with E-state index in [1.807, 2.05) is 0 Å². The summed E-state index contributed by atoms with van der Waals surface area (Å²) in [5.74, 6) is -2.77. The Morgan fingerprint density at radius 2 is 1.75 bits per heavy atom. The zero-order chi connectivity index (χ0) is 12.3. The third-order valence-corrected chi connectivity index (χ3v) is 2.14. The van der Waals surface area contributed by atoms with Gasteiger partial charge in [0.05, 0.1) is 11.7 Å². The van der Waals surface area contributed by atoms with Gasteiger partial charge in [-0.25, -0.2) is 8.78 Å². The Morgan fingerprint density at radius 3 is 2.19 bits per heavy atom. The minimum atomic E-state index is -1.69. The van der Waals surface area contributed by atoms with E-state index in [2.05, 4.69) is 5.32 Å². The predicted molar refractivity (Wildman–Crippen MR) is 52.9 cm³/mol. The number of hydrogen-bond donors (Lipinski definition) is 4. The van der Waals surface area contributed by atoms with Crippen LogP contribution in [0.2, 0.25) is 0 Å². The van der Waals surface area contributed by atoms with E-state index in [-0.39, 0.29) is 6.54 Å². The Balaban J connectivity index is 3.03. The van der Waals surface area contributed by atoms with Crippen molar-refractivity contribution in [1.82, 2.24) is 5.32 Å². The van der Waals surface area contributed by atoms with Crippen LogP contribution in [0.5, 0.6) is 5.75 Å². The van der Waals surface area contributed by atoms with E-state index in [1.165, 1.54) is 7.05 Å². The third kappa shape index (κ3) is 2.66. The first kappa shape index (κ1) is 12.8. The van der Waals surface area contributed by atoms with Crippen LogP contribution in [0.4, 0.5) is 8.78 Å². The first-order chi connectivity index (χ1) is 7.47. The standard InChI is InChI=1S/C10H13F2NO3/c1-13-4-8(15)10(16)9-6(11)2-5(14)3-7(9)12/h2-3,8,10,13-16H,4H2,1H3. The average molecular weight is 233 g/mol. The highest BCUT2D eigenvalue weighted by Crippen LogP contribution is 2.26. The molecule has 4 nitrogen and oxygen atoms in total. The van der Waals surface area contributed by atoms with E-state index in [4.69, 9.17) is 5.11 Å². The van der Waals surface area contributed by atoms with Gasteiger partial charge in [-0.05, 0) is 7.05 Å². The molecule has 1 aromatic rings. The minimum Gasteiger partial charge on any atom is -0.508 e. The van der Waals surface area contributed by atoms with Gasteiger partial charge in [0.15, 0.2) is 0 Å². The highest BCUT2D eigenvalue weighted by atomic mass is 19.1. The Labute approximate surface area is 91.2 Å². The Morgan fingerprint density at radius 1 is 1.25 bits per heavy atom. The SMILES string of the molecule is CNCC(O)C(O)c1c(F)cc(O)cc1F. The third-order valence-electron chi connectivity index (χ3n) is 2.14. The number of phenols is 1. The summed E-state index contributed by atoms with van der Waals surface area (Å²) in [7, 11) is 1.53. The molecule has 0 aliphatic carbocycles. The molecule has 0 fully saturated rings. The van der Waals surface area contributed by atoms with Crippen molar-refractivity contribution in [1.29, 1.82) is 0 Å². The van der Waals surface area contributed by atoms with Crippen molar-refractivity contribution in [2.24, 2.45) is 0 Å². The van der Waals surface area contributed by atoms with Gasteiger partial charge >= 0.3 is 0 Å². The van der Waals surface area contributed by atoms with Crippen LogP contribution in [-0.2, 0) is 0 Å². The van der Waals surface area contributed by atoms with Gasteiger partial charge in [0.2, 0.25) is 0 Å². The molecule has 0 saturated heterocycles. The van der Waals surface area contributed by atoms with E-state index in [1.54, 1.807) is 0 Å². The minimum absolute atomic E-state index is 0.0130. The largest absolute Gasteiger partial charge is 0.508 e. The maximum Gasteiger partial charge on any atom is 0.135 e. The number of hydrogen-bond acceptors (Lipinski definition) is 4. The molecule has 1 aromatic carbocycles. The number of halogens is 2. The normalized spacial score (nSPS) is 14.8. The van der Waals surface area contributed by atoms with E-state index in [0.29, 0.717) is 12.1 Å². The maximum atomic E-state index is 13.3. The lowest BCUT2D eigenvalue weighted by atomic mass is 10.0. The molecule has 6 heteroatoms. The molecule has 4 N–H and O–H groups in total. The molecule has 1 rings (SSSR count). The topological polar surface area (TPSA) is 72.7 Å². The van der Waals surface area contributed by atoms with Gasteiger partial charge in [0.1, 0.15) is 23.5 Å². The summed E-state index contributed by atoms with van der Waals surface area (Å²) in [6.07, 6.45) is -3.02. The van der Waals surface area contributed by atoms with Crippen LogP contribution in [0.25, 0.3) is 0 Å². The molecule has 0 saturated carbocycles. The summed E-state index contributed by atoms with van der Waals surface area (Å²) >= 11 is 0. The highest BCUT2D eigenvalue weighted by molar-refractivity contribution is 5.31. The molecule has 0 aliphatic heterocycles. The summed E-state index contributed by atoms with van der Waals surface area (Å²) in [5.41, 5.74) is -0.652. The second-order valence-electron chi connectivity index (χ2n) is 3.39. The van der Waals surface area contributed by atoms with E-state index < -0.39 is 35.2 Å². The average Bonchev–Trinajstić information content (AvgIpc) is 2.16. The van der Waals surface area contributed by atoms with Gasteiger partial charge < -0.3 is 20.6 Å². The van der Waals surface area contributed by atoms with Crippen molar-refractivity contribution >= 4 is 0 Å². The fraction of sp³-hybridized carbons (Fsp3) is 0.400. The van der Waals surface area contributed by atoms with Gasteiger partial charge in [-0.15, -0.1) is 0 Å². The van der Waals surface area contributed by atoms with Crippen LogP contribution in [0.1, 0.15) is 11.7 Å². The Hall–Kier alpha value is -1.24. The number of likely N-dealkylation sites (N-methyl/N-ethyl adjacent to an activating group) is 1. The lowest BCUT2D eigenvalue weighted by Crippen LogP contribution is -2.30. The number of benzene rings is 1. The molecule has 0 heterocycles. The maximum absolute atomic E-state index is 13.3. The van der Waals surface area contributed by atoms with Crippen LogP contribution >= 0.6 is 0 Å². The van der Waals surface area contributed by atoms with Crippen molar-refractivity contribution < 1.29 is 24.1 Å². The molecule has 0 radical (unpaired) electrons. The molecule has 0 aromatic heterocycles. The van der Waals surface area contributed by atoms with Gasteiger partial charge in [0.25, 0.3) is 0 Å². The monoisotopic (exact) mass is 233 g/mol. The number of rotatable bonds is 4. The molecular weight excluding hydrogens is 220 g/mol. The second-order valence-corrected chi connectivity index (χ2v) is 3.39. The Kier molecular flexibility index (Phi) is 4.17. The zero-order valence-electron chi connectivity index (χ0n) is 8.61. The van der Waals surface area contributed by atoms with Crippen LogP contribution in [0.15, 0.2) is 12.1 Å². The molecule has 0 aliphatic rings. The summed E-state index contributed by atoms with van der Waals surface area (Å²) in [6, 6.07) is 1.35. The lowest BCUT2D eigenvalue weighted by Gasteiger charge is -2.18. The molecule has 90 valence electrons. The zero-order valence-corrected chi connectivity index (χ0v) is 8.61. The molecule has 0 amide bonds. The van der Waals surface area contributed by atoms with Crippen LogP contribution < -0.4 is 5.32 Å². The fourth-order valence-corrected chi connectivity index (χ4v) is 1.37. The second kappa shape index (κ2) is 5.20. The molecular formula is C10H13F2NO3. The predicted octanol–water partition coefficient (Wildman–Crippen LogP) is 0.284. The number of aromatic hydroxyl groups is 1. The van der Waals surface area contributed by atoms with Crippen molar-refractivity contribution in [3.05, 3.63) is 29.3 Å². The summed E-state index contributed by atoms with van der Waals surface area (Å²) in [5, 5.41) is 30.4. The highest BCUT2D eigenvalue weighted by Gasteiger charge is 2.25. The van der Waals surface area contributed by atoms with E-state index >= 15 is 0 Å². The molecule has 16 heavy (non-hydrogen) atoms. The number of phenolic OH excluding ortho intramolecular Hbond substituents is 1. The quantitative estimate of drug-likeness (QED) is 0.603. The van der Waals surface area contributed by atoms with Gasteiger partial charge in [-0.3, -0.25) is 0 Å². The van der Waals surface area contributed by atoms with Crippen molar-refractivity contribution in [3.63, 3.8) is 0 Å². The molecule has 2 atom stereocenters. The van der Waals surface area contributed by atoms with E-state index in [0.717, 1.165) is 0 Å². The summed E-state index contributed by atoms with van der Waals surface area (Å²) in [4.78, 5) is 0. The first-order valence-electron chi connectivity index (χ1n) is 4.66. The smallest absolute Gasteiger partial charge is 0.135 e. The lowest BCUT2D eigenvalue weighted by molar-refractivity contribution is 0.0158. The number of aliphatic hydroxyl groups is 2. The van der Waals surface area contributed by atoms with Crippen molar-refractivity contribution in [3.8, 4) is 5.75 Å². The number of nitrogens with one attached hydrogen (secondary N) is 1. The van der Waals surface area contributed by atoms with E-state index in [9.17, 15) is 19.0 Å². The van der Waals surface area contributed by atoms with Gasteiger partial charge in [-0.1, -0.05) is 0 Å². The van der Waals surface area contributed by atoms with Gasteiger partial charge in [-0.2, -0.15) is 0 Å². The van der Waals surface area contributed by atoms with Crippen LogP contribution in [0, 0.1) is 11.6 Å². The van der Waals surface area contributed by atoms with Crippen LogP contribution in [-0.4, -0.2) is 35.0 Å². The molecule has 2 unspecified atom stereocenters. The summed E-state index contributed by atoms with van der Waals surface area (Å²) < 4.78 is 26.5. The van der Waals surface area contributed by atoms with Crippen molar-refractivity contribution in [2.75, 3.05) is 13.6 Å². The van der Waals surface area contributed by atoms with Gasteiger partial charge in [0, 0.05) is 18.7 Å². The summed E-state index contributed by atoms with van der Waals surface area (Å²) in [6.45, 7) is -0.0130. The Bertz CT molecular complexity index is 350. The number of aliphatic hydroxyl groups excluding tert-OH is 2. The van der Waals surface area contributed by atoms with Crippen LogP contribution in [0.3, 0.4) is 0 Å². The first-order valence-corrected chi connectivity index (χ1v) is 4.66. The molecule has 0 bridgehead atoms.